The van der Waals surface area contributed by atoms with Crippen molar-refractivity contribution in [2.45, 2.75) is 38.8 Å². The molecule has 2 fully saturated rings. The van der Waals surface area contributed by atoms with Gasteiger partial charge in [-0.2, -0.15) is 0 Å². The first-order valence-corrected chi connectivity index (χ1v) is 14.7. The second kappa shape index (κ2) is 11.9. The van der Waals surface area contributed by atoms with E-state index >= 15 is 0 Å². The molecule has 2 aliphatic rings. The molecule has 6 rings (SSSR count). The fourth-order valence-electron chi connectivity index (χ4n) is 5.84. The number of benzene rings is 1. The van der Waals surface area contributed by atoms with Crippen molar-refractivity contribution in [3.63, 3.8) is 0 Å². The van der Waals surface area contributed by atoms with Gasteiger partial charge in [0.2, 0.25) is 0 Å². The molecule has 220 valence electrons. The molecule has 3 aromatic heterocycles. The molecule has 0 bridgehead atoms. The van der Waals surface area contributed by atoms with Gasteiger partial charge >= 0.3 is 0 Å². The number of pyridine rings is 1. The molecule has 0 spiro atoms. The molecule has 5 N–H and O–H groups in total. The van der Waals surface area contributed by atoms with Crippen LogP contribution >= 0.6 is 0 Å². The van der Waals surface area contributed by atoms with E-state index in [4.69, 9.17) is 10.7 Å². The monoisotopic (exact) mass is 569 g/mol. The van der Waals surface area contributed by atoms with E-state index in [0.717, 1.165) is 37.4 Å². The van der Waals surface area contributed by atoms with E-state index in [1.807, 2.05) is 32.0 Å². The van der Waals surface area contributed by atoms with Crippen LogP contribution in [0.25, 0.3) is 22.4 Å². The number of aromatic nitrogens is 5. The maximum absolute atomic E-state index is 12.6. The molecular weight excluding hydrogens is 530 g/mol. The number of carbonyl (C=O) groups is 1. The van der Waals surface area contributed by atoms with Crippen LogP contribution in [0.2, 0.25) is 0 Å². The molecule has 0 radical (unpaired) electrons. The number of piperazine rings is 1. The summed E-state index contributed by atoms with van der Waals surface area (Å²) in [5, 5.41) is 6.62. The Morgan fingerprint density at radius 1 is 0.952 bits per heavy atom. The topological polar surface area (TPSA) is 144 Å². The van der Waals surface area contributed by atoms with Crippen molar-refractivity contribution in [3.05, 3.63) is 48.5 Å². The third kappa shape index (κ3) is 5.86. The van der Waals surface area contributed by atoms with Crippen LogP contribution < -0.4 is 21.3 Å². The fraction of sp³-hybridized carbons (Fsp3) is 0.433. The number of piperidine rings is 1. The number of primary amides is 1. The quantitative estimate of drug-likeness (QED) is 0.249. The number of rotatable bonds is 8. The highest BCUT2D eigenvalue weighted by Crippen LogP contribution is 2.32. The van der Waals surface area contributed by atoms with Crippen LogP contribution in [0.1, 0.15) is 37.2 Å². The van der Waals surface area contributed by atoms with Crippen molar-refractivity contribution < 1.29 is 4.79 Å². The Balaban J connectivity index is 1.21. The molecule has 2 aliphatic heterocycles. The lowest BCUT2D eigenvalue weighted by molar-refractivity contribution is 0.0982. The summed E-state index contributed by atoms with van der Waals surface area (Å²) >= 11 is 0. The van der Waals surface area contributed by atoms with E-state index in [2.05, 4.69) is 64.4 Å². The summed E-state index contributed by atoms with van der Waals surface area (Å²) in [6, 6.07) is 10.8. The number of aromatic amines is 1. The SMILES string of the molecule is CC(C)Nc1nc(Nc2ccc(N3CCC(N4CCN(C)CC4)CC3)cc2)c(C(N)=O)nc1-c1nccc2[nH]cnc12. The first kappa shape index (κ1) is 27.9. The number of imidazole rings is 1. The lowest BCUT2D eigenvalue weighted by Crippen LogP contribution is -2.52. The maximum Gasteiger partial charge on any atom is 0.271 e. The van der Waals surface area contributed by atoms with Gasteiger partial charge in [-0.3, -0.25) is 14.7 Å². The second-order valence-corrected chi connectivity index (χ2v) is 11.5. The third-order valence-electron chi connectivity index (χ3n) is 8.13. The molecule has 2 saturated heterocycles. The fourth-order valence-corrected chi connectivity index (χ4v) is 5.84. The Morgan fingerprint density at radius 2 is 1.69 bits per heavy atom. The van der Waals surface area contributed by atoms with Gasteiger partial charge in [0, 0.05) is 68.9 Å². The molecule has 1 aromatic carbocycles. The van der Waals surface area contributed by atoms with E-state index in [1.165, 1.54) is 31.6 Å². The number of hydrogen-bond acceptors (Lipinski definition) is 10. The third-order valence-corrected chi connectivity index (χ3v) is 8.13. The maximum atomic E-state index is 12.6. The predicted octanol–water partition coefficient (Wildman–Crippen LogP) is 3.29. The highest BCUT2D eigenvalue weighted by molar-refractivity contribution is 5.99. The van der Waals surface area contributed by atoms with Gasteiger partial charge in [-0.05, 0) is 64.1 Å². The summed E-state index contributed by atoms with van der Waals surface area (Å²) in [7, 11) is 2.21. The standard InChI is InChI=1S/C30H39N11O/c1-19(2)35-29-26(25-24-23(8-11-32-25)33-18-34-24)37-27(28(31)42)30(38-29)36-20-4-6-21(7-5-20)40-12-9-22(10-13-40)41-16-14-39(3)15-17-41/h4-8,11,18-19,22H,9-10,12-17H2,1-3H3,(H2,31,42)(H,33,34)(H2,35,36,38). The number of likely N-dealkylation sites (N-methyl/N-ethyl adjacent to an activating group) is 1. The van der Waals surface area contributed by atoms with Crippen LogP contribution in [0.5, 0.6) is 0 Å². The molecule has 0 saturated carbocycles. The van der Waals surface area contributed by atoms with Crippen molar-refractivity contribution in [2.75, 3.05) is 61.8 Å². The Morgan fingerprint density at radius 3 is 2.38 bits per heavy atom. The number of amides is 1. The van der Waals surface area contributed by atoms with Crippen molar-refractivity contribution >= 4 is 40.0 Å². The predicted molar refractivity (Wildman–Crippen MR) is 166 cm³/mol. The number of nitrogens with one attached hydrogen (secondary N) is 3. The molecular formula is C30H39N11O. The number of H-pyrrole nitrogens is 1. The second-order valence-electron chi connectivity index (χ2n) is 11.5. The minimum Gasteiger partial charge on any atom is -0.371 e. The summed E-state index contributed by atoms with van der Waals surface area (Å²) in [4.78, 5) is 41.6. The number of nitrogens with zero attached hydrogens (tertiary/aromatic N) is 7. The van der Waals surface area contributed by atoms with Crippen LogP contribution in [0, 0.1) is 0 Å². The summed E-state index contributed by atoms with van der Waals surface area (Å²) in [6.45, 7) is 10.8. The lowest BCUT2D eigenvalue weighted by Gasteiger charge is -2.42. The summed E-state index contributed by atoms with van der Waals surface area (Å²) in [5.74, 6) is 0.0843. The van der Waals surface area contributed by atoms with Gasteiger partial charge in [0.15, 0.2) is 17.3 Å². The van der Waals surface area contributed by atoms with Crippen LogP contribution in [0.4, 0.5) is 23.0 Å². The molecule has 4 aromatic rings. The van der Waals surface area contributed by atoms with Crippen molar-refractivity contribution in [2.24, 2.45) is 5.73 Å². The molecule has 42 heavy (non-hydrogen) atoms. The number of anilines is 4. The molecule has 1 amide bonds. The molecule has 0 unspecified atom stereocenters. The van der Waals surface area contributed by atoms with Gasteiger partial charge in [-0.1, -0.05) is 0 Å². The number of nitrogens with two attached hydrogens (primary N) is 1. The van der Waals surface area contributed by atoms with Gasteiger partial charge in [0.1, 0.15) is 16.9 Å². The molecule has 5 heterocycles. The van der Waals surface area contributed by atoms with Gasteiger partial charge in [-0.15, -0.1) is 0 Å². The van der Waals surface area contributed by atoms with Crippen molar-refractivity contribution in [1.29, 1.82) is 0 Å². The van der Waals surface area contributed by atoms with Gasteiger partial charge in [0.05, 0.1) is 11.8 Å². The van der Waals surface area contributed by atoms with Crippen LogP contribution in [0.15, 0.2) is 42.9 Å². The molecule has 12 heteroatoms. The molecule has 0 aliphatic carbocycles. The van der Waals surface area contributed by atoms with Gasteiger partial charge in [0.25, 0.3) is 5.91 Å². The Kier molecular flexibility index (Phi) is 7.90. The lowest BCUT2D eigenvalue weighted by atomic mass is 10.0. The average Bonchev–Trinajstić information content (AvgIpc) is 3.47. The minimum atomic E-state index is -0.684. The van der Waals surface area contributed by atoms with E-state index in [-0.39, 0.29) is 17.6 Å². The van der Waals surface area contributed by atoms with E-state index in [1.54, 1.807) is 12.5 Å². The number of hydrogen-bond donors (Lipinski definition) is 4. The first-order valence-electron chi connectivity index (χ1n) is 14.7. The van der Waals surface area contributed by atoms with E-state index in [0.29, 0.717) is 28.8 Å². The molecule has 12 nitrogen and oxygen atoms in total. The Bertz CT molecular complexity index is 1530. The summed E-state index contributed by atoms with van der Waals surface area (Å²) < 4.78 is 0. The van der Waals surface area contributed by atoms with E-state index in [9.17, 15) is 4.79 Å². The van der Waals surface area contributed by atoms with E-state index < -0.39 is 5.91 Å². The van der Waals surface area contributed by atoms with Crippen LogP contribution in [-0.2, 0) is 0 Å². The first-order chi connectivity index (χ1) is 20.4. The van der Waals surface area contributed by atoms with Crippen LogP contribution in [0.3, 0.4) is 0 Å². The smallest absolute Gasteiger partial charge is 0.271 e. The molecule has 0 atom stereocenters. The Labute approximate surface area is 245 Å². The zero-order valence-corrected chi connectivity index (χ0v) is 24.5. The number of fused-ring (bicyclic) bond motifs is 1. The normalized spacial score (nSPS) is 17.2. The highest BCUT2D eigenvalue weighted by atomic mass is 16.1. The summed E-state index contributed by atoms with van der Waals surface area (Å²) in [6.07, 6.45) is 5.63. The number of carbonyl (C=O) groups excluding carboxylic acids is 1. The zero-order chi connectivity index (χ0) is 29.2. The van der Waals surface area contributed by atoms with Crippen molar-refractivity contribution in [1.82, 2.24) is 34.7 Å². The zero-order valence-electron chi connectivity index (χ0n) is 24.5. The summed E-state index contributed by atoms with van der Waals surface area (Å²) in [5.41, 5.74) is 10.2. The average molecular weight is 570 g/mol. The van der Waals surface area contributed by atoms with Crippen molar-refractivity contribution in [3.8, 4) is 11.4 Å². The van der Waals surface area contributed by atoms with Crippen LogP contribution in [-0.4, -0.2) is 99.0 Å². The van der Waals surface area contributed by atoms with Gasteiger partial charge < -0.3 is 31.2 Å². The Hall–Kier alpha value is -4.29. The minimum absolute atomic E-state index is 0.0312. The highest BCUT2D eigenvalue weighted by Gasteiger charge is 2.27. The largest absolute Gasteiger partial charge is 0.371 e. The van der Waals surface area contributed by atoms with Gasteiger partial charge in [-0.25, -0.2) is 15.0 Å².